The maximum atomic E-state index is 12.8. The molecule has 0 bridgehead atoms. The topological polar surface area (TPSA) is 73.2 Å². The first-order valence-corrected chi connectivity index (χ1v) is 8.79. The Morgan fingerprint density at radius 2 is 2.00 bits per heavy atom. The minimum absolute atomic E-state index is 0.165. The number of nitrogens with zero attached hydrogens (tertiary/aromatic N) is 2. The molecule has 0 radical (unpaired) electrons. The van der Waals surface area contributed by atoms with Gasteiger partial charge in [-0.2, -0.15) is 5.26 Å². The Morgan fingerprint density at radius 3 is 2.73 bits per heavy atom. The molecule has 5 nitrogen and oxygen atoms in total. The lowest BCUT2D eigenvalue weighted by molar-refractivity contribution is -0.125. The van der Waals surface area contributed by atoms with Gasteiger partial charge in [-0.05, 0) is 48.7 Å². The number of likely N-dealkylation sites (tertiary alicyclic amines) is 1. The van der Waals surface area contributed by atoms with Crippen molar-refractivity contribution in [2.45, 2.75) is 25.4 Å². The molecular formula is C20H18ClN3O2. The van der Waals surface area contributed by atoms with Gasteiger partial charge in [0.1, 0.15) is 6.04 Å². The first-order valence-electron chi connectivity index (χ1n) is 8.42. The third-order valence-corrected chi connectivity index (χ3v) is 4.69. The van der Waals surface area contributed by atoms with Gasteiger partial charge in [0.25, 0.3) is 5.91 Å². The van der Waals surface area contributed by atoms with Crippen LogP contribution < -0.4 is 5.32 Å². The molecular weight excluding hydrogens is 350 g/mol. The number of nitriles is 1. The summed E-state index contributed by atoms with van der Waals surface area (Å²) >= 11 is 5.86. The Hall–Kier alpha value is -2.84. The molecule has 1 N–H and O–H groups in total. The van der Waals surface area contributed by atoms with Crippen LogP contribution in [0.1, 0.15) is 34.3 Å². The van der Waals surface area contributed by atoms with Crippen LogP contribution in [0.25, 0.3) is 0 Å². The van der Waals surface area contributed by atoms with Crippen LogP contribution in [0.3, 0.4) is 0 Å². The van der Waals surface area contributed by atoms with Crippen LogP contribution in [-0.2, 0) is 11.3 Å². The summed E-state index contributed by atoms with van der Waals surface area (Å²) in [5, 5.41) is 12.5. The number of rotatable bonds is 4. The molecule has 2 amide bonds. The molecule has 6 heteroatoms. The highest BCUT2D eigenvalue weighted by atomic mass is 35.5. The van der Waals surface area contributed by atoms with Crippen molar-refractivity contribution in [3.8, 4) is 6.07 Å². The lowest BCUT2D eigenvalue weighted by Gasteiger charge is -2.24. The molecule has 1 atom stereocenters. The highest BCUT2D eigenvalue weighted by molar-refractivity contribution is 6.30. The Labute approximate surface area is 157 Å². The average molecular weight is 368 g/mol. The van der Waals surface area contributed by atoms with Gasteiger partial charge < -0.3 is 10.2 Å². The van der Waals surface area contributed by atoms with E-state index in [4.69, 9.17) is 16.9 Å². The number of carbonyl (C=O) groups excluding carboxylic acids is 2. The summed E-state index contributed by atoms with van der Waals surface area (Å²) in [5.41, 5.74) is 1.81. The number of halogens is 1. The average Bonchev–Trinajstić information content (AvgIpc) is 3.16. The number of hydrogen-bond acceptors (Lipinski definition) is 3. The molecule has 0 spiro atoms. The molecule has 1 saturated heterocycles. The number of carbonyl (C=O) groups is 2. The first-order chi connectivity index (χ1) is 12.6. The Kier molecular flexibility index (Phi) is 5.55. The minimum atomic E-state index is -0.486. The van der Waals surface area contributed by atoms with Crippen molar-refractivity contribution in [2.75, 3.05) is 6.54 Å². The van der Waals surface area contributed by atoms with Gasteiger partial charge >= 0.3 is 0 Å². The number of hydrogen-bond donors (Lipinski definition) is 1. The van der Waals surface area contributed by atoms with Crippen molar-refractivity contribution in [2.24, 2.45) is 0 Å². The number of amides is 2. The third-order valence-electron chi connectivity index (χ3n) is 4.43. The van der Waals surface area contributed by atoms with Gasteiger partial charge in [-0.25, -0.2) is 0 Å². The molecule has 1 aliphatic rings. The molecule has 0 saturated carbocycles. The Balaban J connectivity index is 1.66. The van der Waals surface area contributed by atoms with Gasteiger partial charge in [0.15, 0.2) is 0 Å². The molecule has 26 heavy (non-hydrogen) atoms. The van der Waals surface area contributed by atoms with Gasteiger partial charge in [0.2, 0.25) is 5.91 Å². The zero-order valence-corrected chi connectivity index (χ0v) is 14.9. The molecule has 2 aromatic rings. The summed E-state index contributed by atoms with van der Waals surface area (Å²) < 4.78 is 0. The van der Waals surface area contributed by atoms with Crippen molar-refractivity contribution >= 4 is 23.4 Å². The normalized spacial score (nSPS) is 16.2. The SMILES string of the molecule is N#Cc1cccc(C(=O)N2CCC[C@H]2C(=O)NCc2ccc(Cl)cc2)c1. The maximum Gasteiger partial charge on any atom is 0.254 e. The van der Waals surface area contributed by atoms with Crippen LogP contribution in [0.4, 0.5) is 0 Å². The quantitative estimate of drug-likeness (QED) is 0.902. The van der Waals surface area contributed by atoms with Crippen LogP contribution in [0.2, 0.25) is 5.02 Å². The van der Waals surface area contributed by atoms with Crippen molar-refractivity contribution < 1.29 is 9.59 Å². The Bertz CT molecular complexity index is 858. The monoisotopic (exact) mass is 367 g/mol. The van der Waals surface area contributed by atoms with Gasteiger partial charge in [0, 0.05) is 23.7 Å². The summed E-state index contributed by atoms with van der Waals surface area (Å²) in [6.07, 6.45) is 1.42. The highest BCUT2D eigenvalue weighted by Gasteiger charge is 2.34. The minimum Gasteiger partial charge on any atom is -0.350 e. The summed E-state index contributed by atoms with van der Waals surface area (Å²) in [6, 6.07) is 15.4. The van der Waals surface area contributed by atoms with E-state index in [2.05, 4.69) is 5.32 Å². The predicted molar refractivity (Wildman–Crippen MR) is 98.5 cm³/mol. The van der Waals surface area contributed by atoms with Crippen LogP contribution in [0, 0.1) is 11.3 Å². The van der Waals surface area contributed by atoms with E-state index in [1.165, 1.54) is 0 Å². The molecule has 2 aromatic carbocycles. The first kappa shape index (κ1) is 18.0. The molecule has 0 aromatic heterocycles. The van der Waals surface area contributed by atoms with E-state index in [0.29, 0.717) is 35.7 Å². The van der Waals surface area contributed by atoms with Crippen LogP contribution in [0.5, 0.6) is 0 Å². The standard InChI is InChI=1S/C20H18ClN3O2/c21-17-8-6-14(7-9-17)13-23-19(25)18-5-2-10-24(18)20(26)16-4-1-3-15(11-16)12-22/h1,3-4,6-9,11,18H,2,5,10,13H2,(H,23,25)/t18-/m0/s1. The van der Waals surface area contributed by atoms with Crippen molar-refractivity contribution in [1.29, 1.82) is 5.26 Å². The van der Waals surface area contributed by atoms with E-state index in [1.54, 1.807) is 41.3 Å². The molecule has 1 fully saturated rings. The molecule has 0 aliphatic carbocycles. The van der Waals surface area contributed by atoms with Crippen molar-refractivity contribution in [1.82, 2.24) is 10.2 Å². The van der Waals surface area contributed by atoms with Gasteiger partial charge in [-0.15, -0.1) is 0 Å². The zero-order chi connectivity index (χ0) is 18.5. The van der Waals surface area contributed by atoms with E-state index in [-0.39, 0.29) is 11.8 Å². The molecule has 132 valence electrons. The van der Waals surface area contributed by atoms with Crippen molar-refractivity contribution in [3.05, 3.63) is 70.2 Å². The largest absolute Gasteiger partial charge is 0.350 e. The predicted octanol–water partition coefficient (Wildman–Crippen LogP) is 3.13. The van der Waals surface area contributed by atoms with Gasteiger partial charge in [0.05, 0.1) is 11.6 Å². The van der Waals surface area contributed by atoms with E-state index < -0.39 is 6.04 Å². The third kappa shape index (κ3) is 4.04. The van der Waals surface area contributed by atoms with E-state index in [0.717, 1.165) is 12.0 Å². The maximum absolute atomic E-state index is 12.8. The smallest absolute Gasteiger partial charge is 0.254 e. The van der Waals surface area contributed by atoms with Crippen LogP contribution in [0.15, 0.2) is 48.5 Å². The molecule has 0 unspecified atom stereocenters. The van der Waals surface area contributed by atoms with E-state index in [1.807, 2.05) is 18.2 Å². The second-order valence-corrected chi connectivity index (χ2v) is 6.63. The molecule has 3 rings (SSSR count). The molecule has 1 aliphatic heterocycles. The summed E-state index contributed by atoms with van der Waals surface area (Å²) in [7, 11) is 0. The second kappa shape index (κ2) is 8.03. The summed E-state index contributed by atoms with van der Waals surface area (Å²) in [4.78, 5) is 26.9. The molecule has 1 heterocycles. The fourth-order valence-electron chi connectivity index (χ4n) is 3.08. The lowest BCUT2D eigenvalue weighted by atomic mass is 10.1. The summed E-state index contributed by atoms with van der Waals surface area (Å²) in [6.45, 7) is 0.924. The fourth-order valence-corrected chi connectivity index (χ4v) is 3.21. The fraction of sp³-hybridized carbons (Fsp3) is 0.250. The van der Waals surface area contributed by atoms with Crippen molar-refractivity contribution in [3.63, 3.8) is 0 Å². The summed E-state index contributed by atoms with van der Waals surface area (Å²) in [5.74, 6) is -0.381. The van der Waals surface area contributed by atoms with E-state index in [9.17, 15) is 9.59 Å². The second-order valence-electron chi connectivity index (χ2n) is 6.19. The van der Waals surface area contributed by atoms with E-state index >= 15 is 0 Å². The van der Waals surface area contributed by atoms with Crippen LogP contribution in [-0.4, -0.2) is 29.3 Å². The zero-order valence-electron chi connectivity index (χ0n) is 14.1. The van der Waals surface area contributed by atoms with Crippen LogP contribution >= 0.6 is 11.6 Å². The number of benzene rings is 2. The lowest BCUT2D eigenvalue weighted by Crippen LogP contribution is -2.45. The van der Waals surface area contributed by atoms with Gasteiger partial charge in [-0.3, -0.25) is 9.59 Å². The van der Waals surface area contributed by atoms with Gasteiger partial charge in [-0.1, -0.05) is 29.8 Å². The number of nitrogens with one attached hydrogen (secondary N) is 1. The Morgan fingerprint density at radius 1 is 1.23 bits per heavy atom. The highest BCUT2D eigenvalue weighted by Crippen LogP contribution is 2.21.